The zero-order chi connectivity index (χ0) is 14.3. The molecule has 0 saturated carbocycles. The lowest BCUT2D eigenvalue weighted by Crippen LogP contribution is -2.04. The van der Waals surface area contributed by atoms with E-state index in [1.807, 2.05) is 0 Å². The van der Waals surface area contributed by atoms with Gasteiger partial charge in [0.1, 0.15) is 11.3 Å². The molecule has 0 spiro atoms. The molecule has 0 radical (unpaired) electrons. The number of phenolic OH excluding ortho intramolecular Hbond substituents is 1. The van der Waals surface area contributed by atoms with Crippen LogP contribution in [0.1, 0.15) is 5.56 Å². The van der Waals surface area contributed by atoms with Gasteiger partial charge in [-0.3, -0.25) is 4.98 Å². The Morgan fingerprint density at radius 1 is 1.15 bits per heavy atom. The van der Waals surface area contributed by atoms with Crippen molar-refractivity contribution in [3.05, 3.63) is 42.2 Å². The molecule has 2 aromatic heterocycles. The van der Waals surface area contributed by atoms with Crippen LogP contribution in [-0.2, 0) is 6.18 Å². The summed E-state index contributed by atoms with van der Waals surface area (Å²) in [6.45, 7) is 0. The van der Waals surface area contributed by atoms with E-state index in [9.17, 15) is 18.3 Å². The van der Waals surface area contributed by atoms with Gasteiger partial charge in [-0.15, -0.1) is 0 Å². The van der Waals surface area contributed by atoms with Crippen LogP contribution in [0.2, 0.25) is 0 Å². The summed E-state index contributed by atoms with van der Waals surface area (Å²) in [6.07, 6.45) is -1.60. The summed E-state index contributed by atoms with van der Waals surface area (Å²) < 4.78 is 43.4. The molecular formula is C13H7F3N2O2. The number of oxazole rings is 1. The van der Waals surface area contributed by atoms with Crippen LogP contribution in [0, 0.1) is 0 Å². The summed E-state index contributed by atoms with van der Waals surface area (Å²) in [7, 11) is 0. The first kappa shape index (κ1) is 12.5. The van der Waals surface area contributed by atoms with Crippen LogP contribution in [0.5, 0.6) is 5.75 Å². The van der Waals surface area contributed by atoms with Gasteiger partial charge in [-0.25, -0.2) is 4.98 Å². The molecular weight excluding hydrogens is 273 g/mol. The number of alkyl halides is 3. The topological polar surface area (TPSA) is 59.2 Å². The molecule has 4 nitrogen and oxygen atoms in total. The summed E-state index contributed by atoms with van der Waals surface area (Å²) in [6, 6.07) is 4.10. The fourth-order valence-corrected chi connectivity index (χ4v) is 1.78. The SMILES string of the molecule is Oc1ccc(C(F)(F)F)cc1-c1nc2cnccc2o1. The second kappa shape index (κ2) is 4.22. The molecule has 0 aliphatic carbocycles. The monoisotopic (exact) mass is 280 g/mol. The molecule has 7 heteroatoms. The molecule has 0 saturated heterocycles. The van der Waals surface area contributed by atoms with Gasteiger partial charge in [0.05, 0.1) is 17.3 Å². The summed E-state index contributed by atoms with van der Waals surface area (Å²) in [5.41, 5.74) is -0.215. The molecule has 0 aliphatic rings. The highest BCUT2D eigenvalue weighted by Gasteiger charge is 2.31. The van der Waals surface area contributed by atoms with Crippen LogP contribution in [0.4, 0.5) is 13.2 Å². The van der Waals surface area contributed by atoms with Crippen molar-refractivity contribution < 1.29 is 22.7 Å². The van der Waals surface area contributed by atoms with E-state index in [1.54, 1.807) is 0 Å². The number of nitrogens with zero attached hydrogens (tertiary/aromatic N) is 2. The predicted octanol–water partition coefficient (Wildman–Crippen LogP) is 3.61. The maximum absolute atomic E-state index is 12.7. The van der Waals surface area contributed by atoms with Gasteiger partial charge in [0.25, 0.3) is 0 Å². The zero-order valence-corrected chi connectivity index (χ0v) is 9.85. The lowest BCUT2D eigenvalue weighted by molar-refractivity contribution is -0.137. The number of rotatable bonds is 1. The Balaban J connectivity index is 2.17. The van der Waals surface area contributed by atoms with Crippen molar-refractivity contribution >= 4 is 11.1 Å². The zero-order valence-electron chi connectivity index (χ0n) is 9.85. The number of fused-ring (bicyclic) bond motifs is 1. The van der Waals surface area contributed by atoms with E-state index in [0.29, 0.717) is 11.1 Å². The second-order valence-electron chi connectivity index (χ2n) is 4.09. The molecule has 0 atom stereocenters. The molecule has 0 unspecified atom stereocenters. The lowest BCUT2D eigenvalue weighted by Gasteiger charge is -2.08. The fourth-order valence-electron chi connectivity index (χ4n) is 1.78. The average Bonchev–Trinajstić information content (AvgIpc) is 2.81. The van der Waals surface area contributed by atoms with Gasteiger partial charge in [0.2, 0.25) is 5.89 Å². The third-order valence-corrected chi connectivity index (χ3v) is 2.74. The van der Waals surface area contributed by atoms with Crippen molar-refractivity contribution in [1.29, 1.82) is 0 Å². The largest absolute Gasteiger partial charge is 0.507 e. The molecule has 0 aliphatic heterocycles. The number of pyridine rings is 1. The Kier molecular flexibility index (Phi) is 2.63. The molecule has 102 valence electrons. The van der Waals surface area contributed by atoms with Crippen LogP contribution in [0.15, 0.2) is 41.1 Å². The van der Waals surface area contributed by atoms with Gasteiger partial charge in [0.15, 0.2) is 5.58 Å². The van der Waals surface area contributed by atoms with E-state index in [2.05, 4.69) is 9.97 Å². The van der Waals surface area contributed by atoms with E-state index >= 15 is 0 Å². The number of aromatic nitrogens is 2. The van der Waals surface area contributed by atoms with E-state index < -0.39 is 11.7 Å². The van der Waals surface area contributed by atoms with E-state index in [1.165, 1.54) is 18.5 Å². The molecule has 3 rings (SSSR count). The van der Waals surface area contributed by atoms with Crippen molar-refractivity contribution in [2.45, 2.75) is 6.18 Å². The smallest absolute Gasteiger partial charge is 0.416 e. The third-order valence-electron chi connectivity index (χ3n) is 2.74. The summed E-state index contributed by atoms with van der Waals surface area (Å²) in [5.74, 6) is -0.422. The van der Waals surface area contributed by atoms with Crippen molar-refractivity contribution in [2.75, 3.05) is 0 Å². The molecule has 3 aromatic rings. The lowest BCUT2D eigenvalue weighted by atomic mass is 10.1. The minimum absolute atomic E-state index is 0.0865. The molecule has 0 amide bonds. The quantitative estimate of drug-likeness (QED) is 0.739. The molecule has 20 heavy (non-hydrogen) atoms. The van der Waals surface area contributed by atoms with Gasteiger partial charge >= 0.3 is 6.18 Å². The van der Waals surface area contributed by atoms with Crippen LogP contribution in [0.25, 0.3) is 22.6 Å². The first-order chi connectivity index (χ1) is 9.45. The number of phenols is 1. The van der Waals surface area contributed by atoms with Crippen LogP contribution >= 0.6 is 0 Å². The summed E-state index contributed by atoms with van der Waals surface area (Å²) >= 11 is 0. The molecule has 0 bridgehead atoms. The summed E-state index contributed by atoms with van der Waals surface area (Å²) in [5, 5.41) is 9.70. The van der Waals surface area contributed by atoms with Crippen molar-refractivity contribution in [1.82, 2.24) is 9.97 Å². The van der Waals surface area contributed by atoms with E-state index in [4.69, 9.17) is 4.42 Å². The van der Waals surface area contributed by atoms with Crippen molar-refractivity contribution in [3.63, 3.8) is 0 Å². The number of hydrogen-bond acceptors (Lipinski definition) is 4. The normalized spacial score (nSPS) is 11.9. The maximum Gasteiger partial charge on any atom is 0.416 e. The first-order valence-electron chi connectivity index (χ1n) is 5.56. The van der Waals surface area contributed by atoms with E-state index in [0.717, 1.165) is 18.2 Å². The highest BCUT2D eigenvalue weighted by Crippen LogP contribution is 2.37. The highest BCUT2D eigenvalue weighted by molar-refractivity contribution is 5.76. The second-order valence-corrected chi connectivity index (χ2v) is 4.09. The molecule has 1 aromatic carbocycles. The minimum Gasteiger partial charge on any atom is -0.507 e. The predicted molar refractivity (Wildman–Crippen MR) is 63.9 cm³/mol. The molecule has 2 heterocycles. The van der Waals surface area contributed by atoms with Gasteiger partial charge in [-0.2, -0.15) is 13.2 Å². The minimum atomic E-state index is -4.50. The van der Waals surface area contributed by atoms with Crippen molar-refractivity contribution in [3.8, 4) is 17.2 Å². The van der Waals surface area contributed by atoms with Crippen LogP contribution in [0.3, 0.4) is 0 Å². The Labute approximate surface area is 110 Å². The highest BCUT2D eigenvalue weighted by atomic mass is 19.4. The Hall–Kier alpha value is -2.57. The van der Waals surface area contributed by atoms with Gasteiger partial charge in [-0.1, -0.05) is 0 Å². The maximum atomic E-state index is 12.7. The Morgan fingerprint density at radius 3 is 2.65 bits per heavy atom. The van der Waals surface area contributed by atoms with Gasteiger partial charge in [0, 0.05) is 12.3 Å². The number of aromatic hydroxyl groups is 1. The van der Waals surface area contributed by atoms with Gasteiger partial charge in [-0.05, 0) is 18.2 Å². The standard InChI is InChI=1S/C13H7F3N2O2/c14-13(15,16)7-1-2-10(19)8(5-7)12-18-9-6-17-4-3-11(9)20-12/h1-6,19H. The molecule has 1 N–H and O–H groups in total. The number of halogens is 3. The molecule has 0 fully saturated rings. The number of benzene rings is 1. The van der Waals surface area contributed by atoms with Crippen LogP contribution < -0.4 is 0 Å². The Bertz CT molecular complexity index is 748. The fraction of sp³-hybridized carbons (Fsp3) is 0.0769. The first-order valence-corrected chi connectivity index (χ1v) is 5.56. The van der Waals surface area contributed by atoms with Crippen molar-refractivity contribution in [2.24, 2.45) is 0 Å². The summed E-state index contributed by atoms with van der Waals surface area (Å²) in [4.78, 5) is 7.84. The van der Waals surface area contributed by atoms with E-state index in [-0.39, 0.29) is 17.2 Å². The Morgan fingerprint density at radius 2 is 1.95 bits per heavy atom. The average molecular weight is 280 g/mol. The number of hydrogen-bond donors (Lipinski definition) is 1. The van der Waals surface area contributed by atoms with Gasteiger partial charge < -0.3 is 9.52 Å². The third kappa shape index (κ3) is 2.07. The van der Waals surface area contributed by atoms with Crippen LogP contribution in [-0.4, -0.2) is 15.1 Å².